The maximum absolute atomic E-state index is 12.7. The smallest absolute Gasteiger partial charge is 0.328 e. The maximum Gasteiger partial charge on any atom is 0.328 e. The van der Waals surface area contributed by atoms with Crippen LogP contribution in [0.15, 0.2) is 41.3 Å². The average molecular weight is 496 g/mol. The molecule has 1 aliphatic heterocycles. The van der Waals surface area contributed by atoms with Gasteiger partial charge < -0.3 is 14.2 Å². The lowest BCUT2D eigenvalue weighted by atomic mass is 10.1. The van der Waals surface area contributed by atoms with Crippen molar-refractivity contribution in [2.45, 2.75) is 19.6 Å². The van der Waals surface area contributed by atoms with E-state index in [-0.39, 0.29) is 16.5 Å². The number of carbonyl (C=O) groups is 3. The number of halogens is 2. The van der Waals surface area contributed by atoms with Crippen LogP contribution in [0.1, 0.15) is 18.1 Å². The van der Waals surface area contributed by atoms with Crippen LogP contribution in [-0.2, 0) is 20.9 Å². The Hall–Kier alpha value is -2.68. The van der Waals surface area contributed by atoms with E-state index in [1.54, 1.807) is 18.2 Å². The van der Waals surface area contributed by atoms with E-state index in [0.717, 1.165) is 22.2 Å². The van der Waals surface area contributed by atoms with Crippen molar-refractivity contribution in [2.24, 2.45) is 0 Å². The van der Waals surface area contributed by atoms with Crippen LogP contribution in [-0.4, -0.2) is 42.3 Å². The summed E-state index contributed by atoms with van der Waals surface area (Å²) >= 11 is 13.3. The molecule has 0 spiro atoms. The lowest BCUT2D eigenvalue weighted by molar-refractivity contribution is -0.148. The van der Waals surface area contributed by atoms with E-state index in [1.165, 1.54) is 27.2 Å². The summed E-state index contributed by atoms with van der Waals surface area (Å²) in [7, 11) is 2.65. The molecule has 0 aromatic heterocycles. The van der Waals surface area contributed by atoms with Gasteiger partial charge in [-0.25, -0.2) is 4.79 Å². The lowest BCUT2D eigenvalue weighted by Crippen LogP contribution is -2.42. The van der Waals surface area contributed by atoms with E-state index in [1.807, 2.05) is 18.2 Å². The molecule has 7 nitrogen and oxygen atoms in total. The molecule has 1 heterocycles. The summed E-state index contributed by atoms with van der Waals surface area (Å²) < 4.78 is 15.9. The molecule has 3 rings (SSSR count). The van der Waals surface area contributed by atoms with Gasteiger partial charge in [-0.3, -0.25) is 14.5 Å². The zero-order valence-corrected chi connectivity index (χ0v) is 19.7. The highest BCUT2D eigenvalue weighted by molar-refractivity contribution is 8.18. The van der Waals surface area contributed by atoms with Gasteiger partial charge in [-0.05, 0) is 48.5 Å². The minimum Gasteiger partial charge on any atom is -0.493 e. The Labute approximate surface area is 199 Å². The van der Waals surface area contributed by atoms with Gasteiger partial charge in [0.1, 0.15) is 12.6 Å². The second kappa shape index (κ2) is 10.3. The fourth-order valence-electron chi connectivity index (χ4n) is 2.97. The van der Waals surface area contributed by atoms with Crippen molar-refractivity contribution >= 4 is 58.2 Å². The Morgan fingerprint density at radius 1 is 1.16 bits per heavy atom. The summed E-state index contributed by atoms with van der Waals surface area (Å²) in [6.45, 7) is 1.61. The first kappa shape index (κ1) is 24.0. The summed E-state index contributed by atoms with van der Waals surface area (Å²) in [5.41, 5.74) is 1.30. The van der Waals surface area contributed by atoms with Gasteiger partial charge in [0.05, 0.1) is 24.1 Å². The van der Waals surface area contributed by atoms with Crippen molar-refractivity contribution in [1.82, 2.24) is 4.90 Å². The standard InChI is InChI=1S/C22H19Cl2NO6S/c1-12(21(27)30-3)25-20(26)18(32-22(25)28)10-13-8-16(24)19(17(9-13)29-2)31-11-14-6-4-5-7-15(14)23/h4-10,12H,11H2,1-3H3/b18-10+/t12-/m1/s1. The number of esters is 1. The number of thioether (sulfide) groups is 1. The van der Waals surface area contributed by atoms with Crippen molar-refractivity contribution in [3.63, 3.8) is 0 Å². The molecular formula is C22H19Cl2NO6S. The van der Waals surface area contributed by atoms with Gasteiger partial charge in [0, 0.05) is 10.6 Å². The molecule has 0 saturated carbocycles. The van der Waals surface area contributed by atoms with E-state index >= 15 is 0 Å². The Balaban J connectivity index is 1.85. The van der Waals surface area contributed by atoms with Gasteiger partial charge in [0.2, 0.25) is 0 Å². The van der Waals surface area contributed by atoms with Crippen molar-refractivity contribution in [2.75, 3.05) is 14.2 Å². The largest absolute Gasteiger partial charge is 0.493 e. The first-order valence-electron chi connectivity index (χ1n) is 9.35. The number of imide groups is 1. The van der Waals surface area contributed by atoms with Crippen molar-refractivity contribution in [3.8, 4) is 11.5 Å². The predicted octanol–water partition coefficient (Wildman–Crippen LogP) is 5.18. The second-order valence-electron chi connectivity index (χ2n) is 6.67. The van der Waals surface area contributed by atoms with Crippen LogP contribution in [0.2, 0.25) is 10.0 Å². The van der Waals surface area contributed by atoms with E-state index in [2.05, 4.69) is 4.74 Å². The molecule has 10 heteroatoms. The molecule has 0 unspecified atom stereocenters. The highest BCUT2D eigenvalue weighted by Gasteiger charge is 2.41. The van der Waals surface area contributed by atoms with Crippen LogP contribution in [0.4, 0.5) is 4.79 Å². The first-order chi connectivity index (χ1) is 15.3. The van der Waals surface area contributed by atoms with Crippen LogP contribution >= 0.6 is 35.0 Å². The minimum absolute atomic E-state index is 0.147. The number of carbonyl (C=O) groups excluding carboxylic acids is 3. The number of nitrogens with zero attached hydrogens (tertiary/aromatic N) is 1. The van der Waals surface area contributed by atoms with Gasteiger partial charge >= 0.3 is 5.97 Å². The predicted molar refractivity (Wildman–Crippen MR) is 123 cm³/mol. The lowest BCUT2D eigenvalue weighted by Gasteiger charge is -2.18. The zero-order valence-electron chi connectivity index (χ0n) is 17.4. The zero-order chi connectivity index (χ0) is 23.4. The fourth-order valence-corrected chi connectivity index (χ4v) is 4.34. The molecule has 0 bridgehead atoms. The van der Waals surface area contributed by atoms with Crippen molar-refractivity contribution < 1.29 is 28.6 Å². The second-order valence-corrected chi connectivity index (χ2v) is 8.47. The molecule has 168 valence electrons. The molecule has 0 radical (unpaired) electrons. The Morgan fingerprint density at radius 2 is 1.88 bits per heavy atom. The van der Waals surface area contributed by atoms with Gasteiger partial charge in [0.15, 0.2) is 11.5 Å². The molecule has 2 aromatic carbocycles. The number of rotatable bonds is 7. The number of methoxy groups -OCH3 is 2. The molecule has 1 fully saturated rings. The molecule has 0 aliphatic carbocycles. The van der Waals surface area contributed by atoms with E-state index in [0.29, 0.717) is 22.1 Å². The molecule has 2 amide bonds. The van der Waals surface area contributed by atoms with Crippen molar-refractivity contribution in [3.05, 3.63) is 62.5 Å². The summed E-state index contributed by atoms with van der Waals surface area (Å²) in [6, 6.07) is 9.45. The maximum atomic E-state index is 12.7. The molecule has 1 atom stereocenters. The monoisotopic (exact) mass is 495 g/mol. The van der Waals surface area contributed by atoms with Gasteiger partial charge in [-0.15, -0.1) is 0 Å². The number of amides is 2. The molecule has 1 aliphatic rings. The fraction of sp³-hybridized carbons (Fsp3) is 0.227. The third-order valence-corrected chi connectivity index (χ3v) is 6.17. The van der Waals surface area contributed by atoms with Crippen molar-refractivity contribution in [1.29, 1.82) is 0 Å². The third kappa shape index (κ3) is 5.03. The molecule has 0 N–H and O–H groups in total. The third-order valence-electron chi connectivity index (χ3n) is 4.63. The Morgan fingerprint density at radius 3 is 2.53 bits per heavy atom. The van der Waals surface area contributed by atoms with Crippen LogP contribution < -0.4 is 9.47 Å². The van der Waals surface area contributed by atoms with Crippen LogP contribution in [0.5, 0.6) is 11.5 Å². The minimum atomic E-state index is -1.03. The topological polar surface area (TPSA) is 82.1 Å². The average Bonchev–Trinajstić information content (AvgIpc) is 3.05. The number of ether oxygens (including phenoxy) is 3. The molecule has 32 heavy (non-hydrogen) atoms. The number of benzene rings is 2. The summed E-state index contributed by atoms with van der Waals surface area (Å²) in [5.74, 6) is -0.609. The quantitative estimate of drug-likeness (QED) is 0.386. The van der Waals surface area contributed by atoms with Crippen LogP contribution in [0.3, 0.4) is 0 Å². The Bertz CT molecular complexity index is 1100. The summed E-state index contributed by atoms with van der Waals surface area (Å²) in [5, 5.41) is 0.262. The Kier molecular flexibility index (Phi) is 7.71. The van der Waals surface area contributed by atoms with Gasteiger partial charge in [0.25, 0.3) is 11.1 Å². The summed E-state index contributed by atoms with van der Waals surface area (Å²) in [4.78, 5) is 37.7. The van der Waals surface area contributed by atoms with E-state index in [4.69, 9.17) is 32.7 Å². The highest BCUT2D eigenvalue weighted by Crippen LogP contribution is 2.40. The van der Waals surface area contributed by atoms with E-state index < -0.39 is 23.2 Å². The molecule has 1 saturated heterocycles. The van der Waals surface area contributed by atoms with Gasteiger partial charge in [-0.1, -0.05) is 41.4 Å². The number of hydrogen-bond acceptors (Lipinski definition) is 7. The molecule has 2 aromatic rings. The molecular weight excluding hydrogens is 477 g/mol. The normalized spacial score (nSPS) is 15.8. The first-order valence-corrected chi connectivity index (χ1v) is 10.9. The SMILES string of the molecule is COC(=O)[C@@H](C)N1C(=O)S/C(=C/c2cc(Cl)c(OCc3ccccc3Cl)c(OC)c2)C1=O. The van der Waals surface area contributed by atoms with Crippen LogP contribution in [0, 0.1) is 0 Å². The van der Waals surface area contributed by atoms with Crippen LogP contribution in [0.25, 0.3) is 6.08 Å². The van der Waals surface area contributed by atoms with E-state index in [9.17, 15) is 14.4 Å². The number of hydrogen-bond donors (Lipinski definition) is 0. The van der Waals surface area contributed by atoms with Gasteiger partial charge in [-0.2, -0.15) is 0 Å². The highest BCUT2D eigenvalue weighted by atomic mass is 35.5. The summed E-state index contributed by atoms with van der Waals surface area (Å²) in [6.07, 6.45) is 1.50.